The fourth-order valence-corrected chi connectivity index (χ4v) is 3.18. The Morgan fingerprint density at radius 1 is 1.30 bits per heavy atom. The quantitative estimate of drug-likeness (QED) is 0.724. The number of nitriles is 1. The lowest BCUT2D eigenvalue weighted by atomic mass is 10.2. The molecular weight excluding hydrogens is 334 g/mol. The van der Waals surface area contributed by atoms with Crippen LogP contribution in [0, 0.1) is 11.3 Å². The van der Waals surface area contributed by atoms with E-state index in [0.29, 0.717) is 25.8 Å². The SMILES string of the molecule is N#CCCn1cnc2ccc(Sc3cnccn3)c(Cl)c2c1=O. The van der Waals surface area contributed by atoms with E-state index in [4.69, 9.17) is 16.9 Å². The molecule has 0 atom stereocenters. The molecule has 0 unspecified atom stereocenters. The summed E-state index contributed by atoms with van der Waals surface area (Å²) in [7, 11) is 0. The van der Waals surface area contributed by atoms with Crippen molar-refractivity contribution in [1.29, 1.82) is 5.26 Å². The molecule has 23 heavy (non-hydrogen) atoms. The van der Waals surface area contributed by atoms with Gasteiger partial charge in [-0.1, -0.05) is 23.4 Å². The molecule has 0 radical (unpaired) electrons. The van der Waals surface area contributed by atoms with E-state index in [1.54, 1.807) is 30.7 Å². The minimum absolute atomic E-state index is 0.235. The van der Waals surface area contributed by atoms with Crippen LogP contribution in [0.2, 0.25) is 5.02 Å². The number of nitrogens with zero attached hydrogens (tertiary/aromatic N) is 5. The maximum atomic E-state index is 12.6. The lowest BCUT2D eigenvalue weighted by molar-refractivity contribution is 0.678. The molecule has 1 aromatic carbocycles. The van der Waals surface area contributed by atoms with Crippen molar-refractivity contribution in [2.24, 2.45) is 0 Å². The van der Waals surface area contributed by atoms with Gasteiger partial charge in [0, 0.05) is 23.8 Å². The molecule has 0 aliphatic rings. The number of fused-ring (bicyclic) bond motifs is 1. The van der Waals surface area contributed by atoms with Crippen LogP contribution < -0.4 is 5.56 Å². The molecule has 114 valence electrons. The van der Waals surface area contributed by atoms with Crippen LogP contribution in [0.4, 0.5) is 0 Å². The van der Waals surface area contributed by atoms with Gasteiger partial charge >= 0.3 is 0 Å². The molecule has 0 bridgehead atoms. The van der Waals surface area contributed by atoms with Crippen LogP contribution in [0.1, 0.15) is 6.42 Å². The minimum atomic E-state index is -0.253. The van der Waals surface area contributed by atoms with Crippen molar-refractivity contribution in [3.8, 4) is 6.07 Å². The largest absolute Gasteiger partial charge is 0.298 e. The van der Waals surface area contributed by atoms with Crippen LogP contribution in [0.3, 0.4) is 0 Å². The second-order valence-corrected chi connectivity index (χ2v) is 6.01. The second kappa shape index (κ2) is 6.77. The zero-order valence-corrected chi connectivity index (χ0v) is 13.4. The molecule has 2 heterocycles. The van der Waals surface area contributed by atoms with Gasteiger partial charge < -0.3 is 0 Å². The number of aromatic nitrogens is 4. The highest BCUT2D eigenvalue weighted by Gasteiger charge is 2.13. The molecule has 3 rings (SSSR count). The van der Waals surface area contributed by atoms with Gasteiger partial charge in [-0.15, -0.1) is 0 Å². The van der Waals surface area contributed by atoms with E-state index < -0.39 is 0 Å². The first kappa shape index (κ1) is 15.5. The maximum Gasteiger partial charge on any atom is 0.262 e. The van der Waals surface area contributed by atoms with Crippen LogP contribution in [0.25, 0.3) is 10.9 Å². The molecule has 0 fully saturated rings. The number of rotatable bonds is 4. The lowest BCUT2D eigenvalue weighted by Gasteiger charge is -2.08. The van der Waals surface area contributed by atoms with E-state index in [0.717, 1.165) is 0 Å². The van der Waals surface area contributed by atoms with Crippen molar-refractivity contribution >= 4 is 34.3 Å². The summed E-state index contributed by atoms with van der Waals surface area (Å²) in [5.74, 6) is 0. The Kier molecular flexibility index (Phi) is 4.55. The van der Waals surface area contributed by atoms with Gasteiger partial charge in [0.15, 0.2) is 0 Å². The summed E-state index contributed by atoms with van der Waals surface area (Å²) in [6.07, 6.45) is 6.48. The third kappa shape index (κ3) is 3.18. The predicted octanol–water partition coefficient (Wildman–Crippen LogP) is 2.90. The van der Waals surface area contributed by atoms with Crippen molar-refractivity contribution in [3.63, 3.8) is 0 Å². The van der Waals surface area contributed by atoms with Crippen molar-refractivity contribution in [3.05, 3.63) is 52.4 Å². The highest BCUT2D eigenvalue weighted by Crippen LogP contribution is 2.34. The van der Waals surface area contributed by atoms with Crippen molar-refractivity contribution in [2.45, 2.75) is 22.9 Å². The second-order valence-electron chi connectivity index (χ2n) is 4.57. The van der Waals surface area contributed by atoms with Gasteiger partial charge in [0.05, 0.1) is 40.9 Å². The smallest absolute Gasteiger partial charge is 0.262 e. The first-order valence-corrected chi connectivity index (χ1v) is 7.88. The monoisotopic (exact) mass is 343 g/mol. The maximum absolute atomic E-state index is 12.6. The molecule has 8 heteroatoms. The van der Waals surface area contributed by atoms with Crippen molar-refractivity contribution < 1.29 is 0 Å². The number of hydrogen-bond acceptors (Lipinski definition) is 6. The average molecular weight is 344 g/mol. The Hall–Kier alpha value is -2.43. The molecule has 0 amide bonds. The molecule has 0 aliphatic carbocycles. The van der Waals surface area contributed by atoms with Crippen LogP contribution >= 0.6 is 23.4 Å². The zero-order valence-electron chi connectivity index (χ0n) is 11.8. The molecule has 0 spiro atoms. The summed E-state index contributed by atoms with van der Waals surface area (Å²) in [6, 6.07) is 5.56. The highest BCUT2D eigenvalue weighted by atomic mass is 35.5. The van der Waals surface area contributed by atoms with Gasteiger partial charge in [-0.25, -0.2) is 9.97 Å². The summed E-state index contributed by atoms with van der Waals surface area (Å²) >= 11 is 7.74. The molecule has 0 saturated carbocycles. The van der Waals surface area contributed by atoms with E-state index in [2.05, 4.69) is 15.0 Å². The normalized spacial score (nSPS) is 10.6. The Morgan fingerprint density at radius 3 is 2.91 bits per heavy atom. The van der Waals surface area contributed by atoms with Gasteiger partial charge in [0.2, 0.25) is 0 Å². The number of benzene rings is 1. The van der Waals surface area contributed by atoms with Crippen LogP contribution in [-0.2, 0) is 6.54 Å². The van der Waals surface area contributed by atoms with Crippen LogP contribution in [0.5, 0.6) is 0 Å². The Labute approximate surface area is 140 Å². The van der Waals surface area contributed by atoms with E-state index in [1.807, 2.05) is 6.07 Å². The Morgan fingerprint density at radius 2 is 2.17 bits per heavy atom. The van der Waals surface area contributed by atoms with Crippen LogP contribution in [0.15, 0.2) is 51.8 Å². The van der Waals surface area contributed by atoms with E-state index in [-0.39, 0.29) is 18.5 Å². The molecule has 3 aromatic rings. The summed E-state index contributed by atoms with van der Waals surface area (Å²) in [5.41, 5.74) is 0.272. The fraction of sp³-hybridized carbons (Fsp3) is 0.133. The Balaban J connectivity index is 2.08. The first-order valence-electron chi connectivity index (χ1n) is 6.69. The number of hydrogen-bond donors (Lipinski definition) is 0. The third-order valence-electron chi connectivity index (χ3n) is 3.11. The molecule has 6 nitrogen and oxygen atoms in total. The van der Waals surface area contributed by atoms with E-state index in [1.165, 1.54) is 22.7 Å². The fourth-order valence-electron chi connectivity index (χ4n) is 2.05. The average Bonchev–Trinajstić information content (AvgIpc) is 2.57. The van der Waals surface area contributed by atoms with E-state index in [9.17, 15) is 4.79 Å². The number of aryl methyl sites for hydroxylation is 1. The van der Waals surface area contributed by atoms with Gasteiger partial charge in [0.25, 0.3) is 5.56 Å². The summed E-state index contributed by atoms with van der Waals surface area (Å²) < 4.78 is 1.40. The van der Waals surface area contributed by atoms with Gasteiger partial charge in [-0.05, 0) is 12.1 Å². The van der Waals surface area contributed by atoms with Gasteiger partial charge in [0.1, 0.15) is 5.03 Å². The van der Waals surface area contributed by atoms with Gasteiger partial charge in [-0.3, -0.25) is 14.3 Å². The Bertz CT molecular complexity index is 952. The van der Waals surface area contributed by atoms with E-state index >= 15 is 0 Å². The minimum Gasteiger partial charge on any atom is -0.298 e. The summed E-state index contributed by atoms with van der Waals surface area (Å²) in [5, 5.41) is 10.0. The molecule has 0 saturated heterocycles. The topological polar surface area (TPSA) is 84.5 Å². The summed E-state index contributed by atoms with van der Waals surface area (Å²) in [6.45, 7) is 0.288. The zero-order chi connectivity index (χ0) is 16.2. The van der Waals surface area contributed by atoms with Gasteiger partial charge in [-0.2, -0.15) is 5.26 Å². The summed E-state index contributed by atoms with van der Waals surface area (Å²) in [4.78, 5) is 25.7. The molecular formula is C15H10ClN5OS. The first-order chi connectivity index (χ1) is 11.2. The standard InChI is InChI=1S/C15H10ClN5OS/c16-14-11(23-12-8-18-5-6-19-12)3-2-10-13(14)15(22)21(9-20-10)7-1-4-17/h2-3,5-6,8-9H,1,7H2. The molecule has 0 aliphatic heterocycles. The highest BCUT2D eigenvalue weighted by molar-refractivity contribution is 7.99. The third-order valence-corrected chi connectivity index (χ3v) is 4.60. The number of halogens is 1. The van der Waals surface area contributed by atoms with Crippen LogP contribution in [-0.4, -0.2) is 19.5 Å². The molecule has 0 N–H and O–H groups in total. The molecule has 2 aromatic heterocycles. The predicted molar refractivity (Wildman–Crippen MR) is 87.4 cm³/mol. The lowest BCUT2D eigenvalue weighted by Crippen LogP contribution is -2.20. The van der Waals surface area contributed by atoms with Crippen molar-refractivity contribution in [2.75, 3.05) is 0 Å². The van der Waals surface area contributed by atoms with Crippen molar-refractivity contribution in [1.82, 2.24) is 19.5 Å².